The van der Waals surface area contributed by atoms with Gasteiger partial charge in [0.2, 0.25) is 0 Å². The van der Waals surface area contributed by atoms with E-state index in [1.807, 2.05) is 0 Å². The van der Waals surface area contributed by atoms with Crippen LogP contribution in [0.3, 0.4) is 0 Å². The maximum Gasteiger partial charge on any atom is 0.119 e. The van der Waals surface area contributed by atoms with E-state index in [0.29, 0.717) is 0 Å². The average molecular weight is 782 g/mol. The largest absolute Gasteiger partial charge is 0.497 e. The second-order valence-corrected chi connectivity index (χ2v) is 16.6. The fraction of sp³-hybridized carbons (Fsp3) is 0.434. The molecule has 0 N–H and O–H groups in total. The van der Waals surface area contributed by atoms with Crippen molar-refractivity contribution < 1.29 is 18.7 Å². The summed E-state index contributed by atoms with van der Waals surface area (Å²) in [6, 6.07) is 39.8. The highest BCUT2D eigenvalue weighted by molar-refractivity contribution is 7.14. The van der Waals surface area contributed by atoms with E-state index in [2.05, 4.69) is 144 Å². The van der Waals surface area contributed by atoms with E-state index < -0.39 is 6.15 Å². The van der Waals surface area contributed by atoms with E-state index in [1.165, 1.54) is 131 Å². The second kappa shape index (κ2) is 22.0. The molecule has 0 saturated carbocycles. The first-order valence-corrected chi connectivity index (χ1v) is 22.6. The molecule has 0 aliphatic carbocycles. The summed E-state index contributed by atoms with van der Waals surface area (Å²) in [5, 5.41) is 7.36. The van der Waals surface area contributed by atoms with E-state index in [1.54, 1.807) is 21.3 Å². The Hall–Kier alpha value is -4.48. The van der Waals surface area contributed by atoms with Crippen LogP contribution in [0.5, 0.6) is 17.2 Å². The van der Waals surface area contributed by atoms with Crippen molar-refractivity contribution in [3.05, 3.63) is 109 Å². The maximum absolute atomic E-state index is 5.62. The Bertz CT molecular complexity index is 1930. The number of quaternary nitrogens is 1. The molecule has 0 saturated heterocycles. The lowest BCUT2D eigenvalue weighted by atomic mass is 9.13. The molecule has 0 spiro atoms. The molecule has 5 heteroatoms. The van der Waals surface area contributed by atoms with Gasteiger partial charge in [0.05, 0.1) is 53.7 Å². The Balaban J connectivity index is 0.000000320. The average Bonchev–Trinajstić information content (AvgIpc) is 3.28. The van der Waals surface area contributed by atoms with Crippen LogP contribution in [0.2, 0.25) is 6.32 Å². The lowest BCUT2D eigenvalue weighted by molar-refractivity contribution is -0.929. The summed E-state index contributed by atoms with van der Waals surface area (Å²) in [7, 11) is 5.19. The number of methoxy groups -OCH3 is 3. The van der Waals surface area contributed by atoms with Crippen LogP contribution in [0, 0.1) is 0 Å². The van der Waals surface area contributed by atoms with Gasteiger partial charge >= 0.3 is 0 Å². The van der Waals surface area contributed by atoms with Gasteiger partial charge in [0, 0.05) is 0 Å². The molecule has 0 aliphatic heterocycles. The Morgan fingerprint density at radius 2 is 0.707 bits per heavy atom. The molecule has 6 rings (SSSR count). The molecule has 0 bridgehead atoms. The van der Waals surface area contributed by atoms with Crippen molar-refractivity contribution in [3.63, 3.8) is 0 Å². The zero-order chi connectivity index (χ0) is 41.4. The smallest absolute Gasteiger partial charge is 0.119 e. The molecule has 4 nitrogen and oxygen atoms in total. The molecule has 0 aromatic heterocycles. The van der Waals surface area contributed by atoms with Crippen LogP contribution < -0.4 is 30.6 Å². The zero-order valence-corrected chi connectivity index (χ0v) is 37.2. The van der Waals surface area contributed by atoms with Crippen LogP contribution >= 0.6 is 0 Å². The number of rotatable bonds is 21. The molecule has 6 aromatic rings. The molecule has 0 aliphatic rings. The number of fused-ring (bicyclic) bond motifs is 3. The minimum atomic E-state index is -1.42. The summed E-state index contributed by atoms with van der Waals surface area (Å²) in [6.45, 7) is 17.3. The molecule has 310 valence electrons. The standard InChI is InChI=1S/C37H36BO3.C16H36N/c1-5-6-22-38(35-13-7-10-26-23-29(39-2)16-19-32(26)35,36-14-8-11-27-24-30(40-3)17-20-33(27)36)37-15-9-12-28-25-31(41-4)18-21-34(28)37;1-5-9-13-17(14-10-6-2,15-11-7-3)16-12-8-4/h7-21,23-25H,5-6,22H2,1-4H3;5-16H2,1-4H3/q-1;+1. The van der Waals surface area contributed by atoms with Crippen LogP contribution in [0.4, 0.5) is 0 Å². The molecule has 6 aromatic carbocycles. The summed E-state index contributed by atoms with van der Waals surface area (Å²) in [4.78, 5) is 0. The first kappa shape index (κ1) is 44.6. The molecule has 58 heavy (non-hydrogen) atoms. The highest BCUT2D eigenvalue weighted by Crippen LogP contribution is 2.30. The third-order valence-electron chi connectivity index (χ3n) is 12.9. The van der Waals surface area contributed by atoms with Crippen LogP contribution in [-0.4, -0.2) is 58.1 Å². The predicted octanol–water partition coefficient (Wildman–Crippen LogP) is 12.4. The van der Waals surface area contributed by atoms with Crippen LogP contribution in [0.15, 0.2) is 109 Å². The summed E-state index contributed by atoms with van der Waals surface area (Å²) >= 11 is 0. The number of nitrogens with zero attached hydrogens (tertiary/aromatic N) is 1. The number of benzene rings is 6. The molecule has 0 amide bonds. The summed E-state index contributed by atoms with van der Waals surface area (Å²) in [5.74, 6) is 2.61. The molecular formula is C53H72BNO3. The van der Waals surface area contributed by atoms with Gasteiger partial charge in [-0.2, -0.15) is 22.7 Å². The first-order valence-electron chi connectivity index (χ1n) is 22.6. The Morgan fingerprint density at radius 1 is 0.397 bits per heavy atom. The lowest BCUT2D eigenvalue weighted by Gasteiger charge is -2.45. The lowest BCUT2D eigenvalue weighted by Crippen LogP contribution is -2.67. The Kier molecular flexibility index (Phi) is 17.0. The topological polar surface area (TPSA) is 27.7 Å². The van der Waals surface area contributed by atoms with Crippen LogP contribution in [-0.2, 0) is 0 Å². The Labute approximate surface area is 351 Å². The van der Waals surface area contributed by atoms with E-state index in [-0.39, 0.29) is 0 Å². The van der Waals surface area contributed by atoms with Gasteiger partial charge in [0.1, 0.15) is 17.2 Å². The number of unbranched alkanes of at least 4 members (excludes halogenated alkanes) is 5. The quantitative estimate of drug-likeness (QED) is 0.0538. The number of hydrogen-bond donors (Lipinski definition) is 0. The predicted molar refractivity (Wildman–Crippen MR) is 255 cm³/mol. The molecule has 0 heterocycles. The van der Waals surface area contributed by atoms with Crippen molar-refractivity contribution in [2.45, 2.75) is 105 Å². The van der Waals surface area contributed by atoms with Crippen molar-refractivity contribution in [1.82, 2.24) is 0 Å². The monoisotopic (exact) mass is 782 g/mol. The minimum absolute atomic E-state index is 0.871. The maximum atomic E-state index is 5.62. The van der Waals surface area contributed by atoms with Gasteiger partial charge in [-0.25, -0.2) is 0 Å². The van der Waals surface area contributed by atoms with Gasteiger partial charge in [0.15, 0.2) is 0 Å². The van der Waals surface area contributed by atoms with E-state index in [0.717, 1.165) is 36.4 Å². The van der Waals surface area contributed by atoms with Gasteiger partial charge < -0.3 is 18.7 Å². The molecular weight excluding hydrogens is 709 g/mol. The van der Waals surface area contributed by atoms with Crippen molar-refractivity contribution in [1.29, 1.82) is 0 Å². The molecule has 0 radical (unpaired) electrons. The second-order valence-electron chi connectivity index (χ2n) is 16.6. The van der Waals surface area contributed by atoms with Crippen molar-refractivity contribution in [2.75, 3.05) is 47.5 Å². The fourth-order valence-corrected chi connectivity index (χ4v) is 9.65. The third-order valence-corrected chi connectivity index (χ3v) is 12.9. The fourth-order valence-electron chi connectivity index (χ4n) is 9.65. The van der Waals surface area contributed by atoms with E-state index in [4.69, 9.17) is 14.2 Å². The van der Waals surface area contributed by atoms with Crippen molar-refractivity contribution in [2.24, 2.45) is 0 Å². The third kappa shape index (κ3) is 10.2. The number of ether oxygens (including phenoxy) is 3. The summed E-state index contributed by atoms with van der Waals surface area (Å²) in [6.07, 6.45) is 12.9. The van der Waals surface area contributed by atoms with E-state index in [9.17, 15) is 0 Å². The zero-order valence-electron chi connectivity index (χ0n) is 37.2. The van der Waals surface area contributed by atoms with Crippen molar-refractivity contribution in [3.8, 4) is 17.2 Å². The number of hydrogen-bond acceptors (Lipinski definition) is 3. The normalized spacial score (nSPS) is 11.8. The Morgan fingerprint density at radius 3 is 0.983 bits per heavy atom. The van der Waals surface area contributed by atoms with E-state index >= 15 is 0 Å². The highest BCUT2D eigenvalue weighted by atomic mass is 16.5. The SMILES string of the molecule is CCCC[B-](c1cccc2cc(OC)ccc12)(c1cccc2cc(OC)ccc12)c1cccc2cc(OC)ccc12.CCCC[N+](CCCC)(CCCC)CCCC. The molecule has 0 fully saturated rings. The van der Waals surface area contributed by atoms with Gasteiger partial charge in [-0.1, -0.05) is 162 Å². The van der Waals surface area contributed by atoms with Gasteiger partial charge in [0.25, 0.3) is 0 Å². The van der Waals surface area contributed by atoms with Crippen LogP contribution in [0.1, 0.15) is 98.8 Å². The summed E-state index contributed by atoms with van der Waals surface area (Å²) < 4.78 is 18.3. The van der Waals surface area contributed by atoms with Crippen LogP contribution in [0.25, 0.3) is 32.3 Å². The van der Waals surface area contributed by atoms with Gasteiger partial charge in [-0.15, -0.1) is 0 Å². The molecule has 0 atom stereocenters. The van der Waals surface area contributed by atoms with Gasteiger partial charge in [-0.05, 0) is 78.2 Å². The van der Waals surface area contributed by atoms with Gasteiger partial charge in [-0.3, -0.25) is 0 Å². The summed E-state index contributed by atoms with van der Waals surface area (Å²) in [5.41, 5.74) is 4.10. The first-order chi connectivity index (χ1) is 28.4. The minimum Gasteiger partial charge on any atom is -0.497 e. The van der Waals surface area contributed by atoms with Crippen molar-refractivity contribution >= 4 is 54.9 Å². The highest BCUT2D eigenvalue weighted by Gasteiger charge is 2.33. The molecule has 0 unspecified atom stereocenters.